The van der Waals surface area contributed by atoms with Crippen LogP contribution in [-0.2, 0) is 4.79 Å². The third-order valence-corrected chi connectivity index (χ3v) is 2.04. The number of hydrogen-bond donors (Lipinski definition) is 0. The van der Waals surface area contributed by atoms with Crippen LogP contribution in [0.3, 0.4) is 0 Å². The lowest BCUT2D eigenvalue weighted by molar-refractivity contribution is -0.132. The van der Waals surface area contributed by atoms with E-state index in [0.717, 1.165) is 25.9 Å². The number of amides is 1. The summed E-state index contributed by atoms with van der Waals surface area (Å²) >= 11 is 0. The predicted octanol–water partition coefficient (Wildman–Crippen LogP) is 0.878. The van der Waals surface area contributed by atoms with Crippen LogP contribution in [0.25, 0.3) is 0 Å². The van der Waals surface area contributed by atoms with Crippen LogP contribution in [0.4, 0.5) is 0 Å². The molecule has 0 radical (unpaired) electrons. The molecular weight excluding hydrogens is 138 g/mol. The van der Waals surface area contributed by atoms with Gasteiger partial charge in [-0.1, -0.05) is 5.92 Å². The summed E-state index contributed by atoms with van der Waals surface area (Å²) < 4.78 is 0. The summed E-state index contributed by atoms with van der Waals surface area (Å²) in [6.45, 7) is 3.57. The van der Waals surface area contributed by atoms with Gasteiger partial charge in [-0.15, -0.1) is 6.42 Å². The van der Waals surface area contributed by atoms with Gasteiger partial charge in [0.15, 0.2) is 0 Å². The van der Waals surface area contributed by atoms with Crippen molar-refractivity contribution in [3.63, 3.8) is 0 Å². The summed E-state index contributed by atoms with van der Waals surface area (Å²) in [4.78, 5) is 13.2. The molecule has 2 nitrogen and oxygen atoms in total. The van der Waals surface area contributed by atoms with Crippen LogP contribution in [0.1, 0.15) is 19.8 Å². The Morgan fingerprint density at radius 3 is 2.55 bits per heavy atom. The topological polar surface area (TPSA) is 20.3 Å². The molecule has 1 saturated heterocycles. The highest BCUT2D eigenvalue weighted by atomic mass is 16.2. The Morgan fingerprint density at radius 1 is 1.55 bits per heavy atom. The van der Waals surface area contributed by atoms with Gasteiger partial charge < -0.3 is 4.90 Å². The molecule has 1 aliphatic rings. The van der Waals surface area contributed by atoms with E-state index in [9.17, 15) is 4.79 Å². The zero-order chi connectivity index (χ0) is 8.27. The first-order valence-corrected chi connectivity index (χ1v) is 4.00. The Labute approximate surface area is 67.6 Å². The van der Waals surface area contributed by atoms with E-state index < -0.39 is 0 Å². The van der Waals surface area contributed by atoms with Crippen LogP contribution in [-0.4, -0.2) is 23.9 Å². The van der Waals surface area contributed by atoms with Crippen molar-refractivity contribution < 1.29 is 4.79 Å². The highest BCUT2D eigenvalue weighted by Crippen LogP contribution is 2.10. The van der Waals surface area contributed by atoms with Gasteiger partial charge in [0.25, 0.3) is 0 Å². The average Bonchev–Trinajstić information content (AvgIpc) is 2.53. The molecule has 0 saturated carbocycles. The van der Waals surface area contributed by atoms with E-state index in [1.165, 1.54) is 0 Å². The zero-order valence-electron chi connectivity index (χ0n) is 6.84. The van der Waals surface area contributed by atoms with Crippen molar-refractivity contribution in [2.75, 3.05) is 13.1 Å². The number of likely N-dealkylation sites (tertiary alicyclic amines) is 1. The van der Waals surface area contributed by atoms with E-state index in [2.05, 4.69) is 5.92 Å². The smallest absolute Gasteiger partial charge is 0.237 e. The molecule has 2 heteroatoms. The number of nitrogens with zero attached hydrogens (tertiary/aromatic N) is 1. The van der Waals surface area contributed by atoms with Crippen molar-refractivity contribution in [1.82, 2.24) is 4.90 Å². The summed E-state index contributed by atoms with van der Waals surface area (Å²) in [6.07, 6.45) is 7.40. The molecule has 1 unspecified atom stereocenters. The van der Waals surface area contributed by atoms with E-state index in [1.807, 2.05) is 4.90 Å². The maximum absolute atomic E-state index is 11.4. The van der Waals surface area contributed by atoms with Gasteiger partial charge in [-0.05, 0) is 19.8 Å². The number of hydrogen-bond acceptors (Lipinski definition) is 1. The standard InChI is InChI=1S/C9H13NO/c1-3-8(2)9(11)10-6-4-5-7-10/h1,8H,4-7H2,2H3. The Hall–Kier alpha value is -0.970. The molecule has 1 fully saturated rings. The molecule has 60 valence electrons. The third kappa shape index (κ3) is 1.74. The average molecular weight is 151 g/mol. The van der Waals surface area contributed by atoms with Crippen LogP contribution >= 0.6 is 0 Å². The summed E-state index contributed by atoms with van der Waals surface area (Å²) in [5.41, 5.74) is 0. The van der Waals surface area contributed by atoms with Gasteiger partial charge in [-0.3, -0.25) is 4.79 Å². The van der Waals surface area contributed by atoms with Gasteiger partial charge in [0.1, 0.15) is 0 Å². The molecule has 1 atom stereocenters. The fourth-order valence-electron chi connectivity index (χ4n) is 1.28. The normalized spacial score (nSPS) is 19.5. The molecule has 0 spiro atoms. The molecule has 0 aromatic carbocycles. The Balaban J connectivity index is 2.47. The first-order chi connectivity index (χ1) is 5.25. The van der Waals surface area contributed by atoms with E-state index in [-0.39, 0.29) is 11.8 Å². The molecule has 0 aromatic heterocycles. The quantitative estimate of drug-likeness (QED) is 0.509. The molecule has 1 aliphatic heterocycles. The zero-order valence-corrected chi connectivity index (χ0v) is 6.84. The van der Waals surface area contributed by atoms with Crippen molar-refractivity contribution in [3.8, 4) is 12.3 Å². The van der Waals surface area contributed by atoms with Gasteiger partial charge in [0.2, 0.25) is 5.91 Å². The van der Waals surface area contributed by atoms with E-state index in [0.29, 0.717) is 0 Å². The fourth-order valence-corrected chi connectivity index (χ4v) is 1.28. The van der Waals surface area contributed by atoms with Gasteiger partial charge in [-0.2, -0.15) is 0 Å². The fraction of sp³-hybridized carbons (Fsp3) is 0.667. The second kappa shape index (κ2) is 3.43. The summed E-state index contributed by atoms with van der Waals surface area (Å²) in [5.74, 6) is 2.32. The first-order valence-electron chi connectivity index (χ1n) is 4.00. The van der Waals surface area contributed by atoms with E-state index in [4.69, 9.17) is 6.42 Å². The van der Waals surface area contributed by atoms with Crippen LogP contribution in [0.5, 0.6) is 0 Å². The van der Waals surface area contributed by atoms with Crippen LogP contribution < -0.4 is 0 Å². The molecule has 0 bridgehead atoms. The third-order valence-electron chi connectivity index (χ3n) is 2.04. The highest BCUT2D eigenvalue weighted by molar-refractivity contribution is 5.81. The lowest BCUT2D eigenvalue weighted by Crippen LogP contribution is -2.31. The number of carbonyl (C=O) groups excluding carboxylic acids is 1. The number of carbonyl (C=O) groups is 1. The van der Waals surface area contributed by atoms with Gasteiger partial charge in [-0.25, -0.2) is 0 Å². The van der Waals surface area contributed by atoms with Crippen molar-refractivity contribution in [3.05, 3.63) is 0 Å². The van der Waals surface area contributed by atoms with Crippen LogP contribution in [0, 0.1) is 18.3 Å². The van der Waals surface area contributed by atoms with Gasteiger partial charge in [0, 0.05) is 13.1 Å². The van der Waals surface area contributed by atoms with Crippen LogP contribution in [0.15, 0.2) is 0 Å². The van der Waals surface area contributed by atoms with Gasteiger partial charge >= 0.3 is 0 Å². The lowest BCUT2D eigenvalue weighted by Gasteiger charge is -2.16. The molecule has 0 aromatic rings. The SMILES string of the molecule is C#CC(C)C(=O)N1CCCC1. The minimum Gasteiger partial charge on any atom is -0.342 e. The van der Waals surface area contributed by atoms with E-state index in [1.54, 1.807) is 6.92 Å². The Bertz CT molecular complexity index is 186. The summed E-state index contributed by atoms with van der Waals surface area (Å²) in [7, 11) is 0. The molecule has 0 N–H and O–H groups in total. The molecular formula is C9H13NO. The second-order valence-corrected chi connectivity index (χ2v) is 2.92. The van der Waals surface area contributed by atoms with E-state index >= 15 is 0 Å². The molecule has 1 amide bonds. The maximum Gasteiger partial charge on any atom is 0.237 e. The largest absolute Gasteiger partial charge is 0.342 e. The Kier molecular flexibility index (Phi) is 2.53. The predicted molar refractivity (Wildman–Crippen MR) is 43.8 cm³/mol. The van der Waals surface area contributed by atoms with Crippen molar-refractivity contribution in [1.29, 1.82) is 0 Å². The van der Waals surface area contributed by atoms with Crippen molar-refractivity contribution in [2.45, 2.75) is 19.8 Å². The molecule has 11 heavy (non-hydrogen) atoms. The van der Waals surface area contributed by atoms with Crippen molar-refractivity contribution >= 4 is 5.91 Å². The highest BCUT2D eigenvalue weighted by Gasteiger charge is 2.21. The minimum absolute atomic E-state index is 0.116. The Morgan fingerprint density at radius 2 is 2.09 bits per heavy atom. The number of rotatable bonds is 1. The monoisotopic (exact) mass is 151 g/mol. The minimum atomic E-state index is -0.243. The first kappa shape index (κ1) is 8.13. The maximum atomic E-state index is 11.4. The van der Waals surface area contributed by atoms with Gasteiger partial charge in [0.05, 0.1) is 5.92 Å². The van der Waals surface area contributed by atoms with Crippen LogP contribution in [0.2, 0.25) is 0 Å². The second-order valence-electron chi connectivity index (χ2n) is 2.92. The molecule has 1 heterocycles. The molecule has 1 rings (SSSR count). The van der Waals surface area contributed by atoms with Crippen molar-refractivity contribution in [2.24, 2.45) is 5.92 Å². The molecule has 0 aliphatic carbocycles. The summed E-state index contributed by atoms with van der Waals surface area (Å²) in [5, 5.41) is 0. The number of terminal acetylenes is 1. The lowest BCUT2D eigenvalue weighted by atomic mass is 10.2. The summed E-state index contributed by atoms with van der Waals surface area (Å²) in [6, 6.07) is 0.